The van der Waals surface area contributed by atoms with Gasteiger partial charge in [-0.3, -0.25) is 14.9 Å². The third-order valence-corrected chi connectivity index (χ3v) is 4.63. The van der Waals surface area contributed by atoms with Crippen molar-refractivity contribution in [3.63, 3.8) is 0 Å². The minimum atomic E-state index is -0.771. The number of para-hydroxylation sites is 1. The third kappa shape index (κ3) is 4.92. The van der Waals surface area contributed by atoms with Crippen LogP contribution in [0, 0.1) is 5.82 Å². The Bertz CT molecular complexity index is 1120. The van der Waals surface area contributed by atoms with E-state index in [-0.39, 0.29) is 28.7 Å². The van der Waals surface area contributed by atoms with Crippen molar-refractivity contribution in [2.24, 2.45) is 0 Å². The molecule has 0 bridgehead atoms. The van der Waals surface area contributed by atoms with E-state index in [9.17, 15) is 18.8 Å². The largest absolute Gasteiger partial charge is 0.490 e. The van der Waals surface area contributed by atoms with E-state index in [0.29, 0.717) is 17.9 Å². The Morgan fingerprint density at radius 1 is 1.16 bits per heavy atom. The Labute approximate surface area is 188 Å². The van der Waals surface area contributed by atoms with E-state index in [1.807, 2.05) is 0 Å². The predicted molar refractivity (Wildman–Crippen MR) is 118 cm³/mol. The van der Waals surface area contributed by atoms with Crippen LogP contribution in [0.5, 0.6) is 11.5 Å². The van der Waals surface area contributed by atoms with Crippen LogP contribution in [0.1, 0.15) is 12.5 Å². The Morgan fingerprint density at radius 2 is 1.91 bits per heavy atom. The molecule has 0 saturated carbocycles. The van der Waals surface area contributed by atoms with Crippen LogP contribution in [-0.4, -0.2) is 43.2 Å². The molecule has 0 unspecified atom stereocenters. The maximum Gasteiger partial charge on any atom is 0.343 e. The monoisotopic (exact) mass is 458 g/mol. The topological polar surface area (TPSA) is 94.2 Å². The summed E-state index contributed by atoms with van der Waals surface area (Å²) in [5, 5.41) is 2.18. The fourth-order valence-electron chi connectivity index (χ4n) is 2.87. The number of thiocarbonyl (C=S) groups is 1. The molecule has 1 aliphatic heterocycles. The van der Waals surface area contributed by atoms with Gasteiger partial charge in [-0.25, -0.2) is 14.1 Å². The number of ether oxygens (including phenoxy) is 3. The zero-order valence-electron chi connectivity index (χ0n) is 17.2. The van der Waals surface area contributed by atoms with Crippen LogP contribution in [0.2, 0.25) is 0 Å². The van der Waals surface area contributed by atoms with Gasteiger partial charge >= 0.3 is 5.97 Å². The SMILES string of the molecule is CCOc1cc(/C=C2\C(=O)NC(=S)N(c3ccccc3F)C2=O)ccc1OCC(=O)OC. The second kappa shape index (κ2) is 10.0. The number of amides is 2. The quantitative estimate of drug-likeness (QED) is 0.295. The zero-order valence-corrected chi connectivity index (χ0v) is 18.0. The lowest BCUT2D eigenvalue weighted by Gasteiger charge is -2.29. The van der Waals surface area contributed by atoms with Gasteiger partial charge in [0.1, 0.15) is 11.4 Å². The van der Waals surface area contributed by atoms with Crippen LogP contribution in [0.3, 0.4) is 0 Å². The summed E-state index contributed by atoms with van der Waals surface area (Å²) in [6.45, 7) is 1.76. The second-order valence-electron chi connectivity index (χ2n) is 6.41. The molecule has 1 fully saturated rings. The van der Waals surface area contributed by atoms with Gasteiger partial charge in [-0.1, -0.05) is 18.2 Å². The van der Waals surface area contributed by atoms with Gasteiger partial charge in [-0.15, -0.1) is 0 Å². The molecule has 0 spiro atoms. The van der Waals surface area contributed by atoms with E-state index < -0.39 is 23.6 Å². The molecular formula is C22H19FN2O6S. The first-order valence-corrected chi connectivity index (χ1v) is 9.89. The summed E-state index contributed by atoms with van der Waals surface area (Å²) < 4.78 is 29.7. The molecule has 3 rings (SSSR count). The van der Waals surface area contributed by atoms with Crippen LogP contribution in [-0.2, 0) is 19.1 Å². The Balaban J connectivity index is 1.95. The molecule has 0 aliphatic carbocycles. The van der Waals surface area contributed by atoms with Gasteiger partial charge in [0, 0.05) is 0 Å². The van der Waals surface area contributed by atoms with Crippen molar-refractivity contribution in [2.75, 3.05) is 25.2 Å². The van der Waals surface area contributed by atoms with Crippen LogP contribution < -0.4 is 19.7 Å². The van der Waals surface area contributed by atoms with Gasteiger partial charge in [-0.05, 0) is 55.0 Å². The van der Waals surface area contributed by atoms with Crippen molar-refractivity contribution in [3.05, 3.63) is 59.4 Å². The highest BCUT2D eigenvalue weighted by molar-refractivity contribution is 7.80. The molecule has 32 heavy (non-hydrogen) atoms. The Hall–Kier alpha value is -3.79. The van der Waals surface area contributed by atoms with Crippen LogP contribution >= 0.6 is 12.2 Å². The Morgan fingerprint density at radius 3 is 2.59 bits per heavy atom. The van der Waals surface area contributed by atoms with Gasteiger partial charge < -0.3 is 14.2 Å². The number of carbonyl (C=O) groups is 3. The lowest BCUT2D eigenvalue weighted by atomic mass is 10.1. The molecular weight excluding hydrogens is 439 g/mol. The summed E-state index contributed by atoms with van der Waals surface area (Å²) in [6, 6.07) is 10.2. The number of esters is 1. The standard InChI is InChI=1S/C22H19FN2O6S/c1-3-30-18-11-13(8-9-17(18)31-12-19(26)29-2)10-14-20(27)24-22(32)25(21(14)28)16-7-5-4-6-15(16)23/h4-11H,3,12H2,1-2H3,(H,24,27,32)/b14-10+. The minimum absolute atomic E-state index is 0.0741. The molecule has 0 atom stereocenters. The van der Waals surface area contributed by atoms with Gasteiger partial charge in [-0.2, -0.15) is 0 Å². The van der Waals surface area contributed by atoms with Crippen molar-refractivity contribution < 1.29 is 33.0 Å². The number of nitrogens with one attached hydrogen (secondary N) is 1. The molecule has 2 amide bonds. The highest BCUT2D eigenvalue weighted by Gasteiger charge is 2.35. The Kier molecular flexibility index (Phi) is 7.16. The lowest BCUT2D eigenvalue weighted by molar-refractivity contribution is -0.143. The van der Waals surface area contributed by atoms with Gasteiger partial charge in [0.2, 0.25) is 0 Å². The molecule has 1 N–H and O–H groups in total. The highest BCUT2D eigenvalue weighted by atomic mass is 32.1. The summed E-state index contributed by atoms with van der Waals surface area (Å²) in [6.07, 6.45) is 1.33. The van der Waals surface area contributed by atoms with Gasteiger partial charge in [0.15, 0.2) is 23.2 Å². The smallest absolute Gasteiger partial charge is 0.343 e. The molecule has 2 aromatic carbocycles. The number of halogens is 1. The van der Waals surface area contributed by atoms with Crippen LogP contribution in [0.25, 0.3) is 6.08 Å². The summed E-state index contributed by atoms with van der Waals surface area (Å²) in [4.78, 5) is 37.7. The summed E-state index contributed by atoms with van der Waals surface area (Å²) in [5.41, 5.74) is 0.126. The maximum absolute atomic E-state index is 14.3. The average Bonchev–Trinajstić information content (AvgIpc) is 2.77. The molecule has 8 nitrogen and oxygen atoms in total. The summed E-state index contributed by atoms with van der Waals surface area (Å²) >= 11 is 5.08. The number of benzene rings is 2. The van der Waals surface area contributed by atoms with Crippen LogP contribution in [0.4, 0.5) is 10.1 Å². The van der Waals surface area contributed by atoms with E-state index in [1.165, 1.54) is 37.5 Å². The van der Waals surface area contributed by atoms with Gasteiger partial charge in [0.05, 0.1) is 19.4 Å². The minimum Gasteiger partial charge on any atom is -0.490 e. The van der Waals surface area contributed by atoms with E-state index in [2.05, 4.69) is 10.1 Å². The normalized spacial score (nSPS) is 14.9. The number of rotatable bonds is 7. The van der Waals surface area contributed by atoms with E-state index in [4.69, 9.17) is 21.7 Å². The average molecular weight is 458 g/mol. The van der Waals surface area contributed by atoms with Crippen LogP contribution in [0.15, 0.2) is 48.0 Å². The van der Waals surface area contributed by atoms with Crippen molar-refractivity contribution in [3.8, 4) is 11.5 Å². The van der Waals surface area contributed by atoms with E-state index >= 15 is 0 Å². The van der Waals surface area contributed by atoms with E-state index in [0.717, 1.165) is 4.90 Å². The van der Waals surface area contributed by atoms with Crippen molar-refractivity contribution in [1.29, 1.82) is 0 Å². The fourth-order valence-corrected chi connectivity index (χ4v) is 3.15. The molecule has 0 radical (unpaired) electrons. The number of anilines is 1. The summed E-state index contributed by atoms with van der Waals surface area (Å²) in [5.74, 6) is -2.12. The molecule has 1 heterocycles. The number of nitrogens with zero attached hydrogens (tertiary/aromatic N) is 1. The molecule has 2 aromatic rings. The van der Waals surface area contributed by atoms with E-state index in [1.54, 1.807) is 25.1 Å². The fraction of sp³-hybridized carbons (Fsp3) is 0.182. The maximum atomic E-state index is 14.3. The molecule has 1 aliphatic rings. The third-order valence-electron chi connectivity index (χ3n) is 4.35. The first kappa shape index (κ1) is 22.9. The molecule has 10 heteroatoms. The molecule has 166 valence electrons. The van der Waals surface area contributed by atoms with Crippen molar-refractivity contribution >= 4 is 46.9 Å². The zero-order chi connectivity index (χ0) is 23.3. The first-order valence-electron chi connectivity index (χ1n) is 9.48. The second-order valence-corrected chi connectivity index (χ2v) is 6.80. The van der Waals surface area contributed by atoms with Crippen molar-refractivity contribution in [2.45, 2.75) is 6.92 Å². The number of hydrogen-bond acceptors (Lipinski definition) is 7. The number of methoxy groups -OCH3 is 1. The first-order chi connectivity index (χ1) is 15.3. The highest BCUT2D eigenvalue weighted by Crippen LogP contribution is 2.30. The number of hydrogen-bond donors (Lipinski definition) is 1. The van der Waals surface area contributed by atoms with Gasteiger partial charge in [0.25, 0.3) is 11.8 Å². The predicted octanol–water partition coefficient (Wildman–Crippen LogP) is 2.61. The molecule has 1 saturated heterocycles. The lowest BCUT2D eigenvalue weighted by Crippen LogP contribution is -2.54. The molecule has 0 aromatic heterocycles. The summed E-state index contributed by atoms with van der Waals surface area (Å²) in [7, 11) is 1.24. The van der Waals surface area contributed by atoms with Crippen molar-refractivity contribution in [1.82, 2.24) is 5.32 Å². The number of carbonyl (C=O) groups excluding carboxylic acids is 3.